The number of carbonyl (C=O) groups excluding carboxylic acids is 1. The Morgan fingerprint density at radius 3 is 2.31 bits per heavy atom. The monoisotopic (exact) mass is 513 g/mol. The van der Waals surface area contributed by atoms with Crippen molar-refractivity contribution in [2.45, 2.75) is 0 Å². The molecule has 0 aliphatic carbocycles. The summed E-state index contributed by atoms with van der Waals surface area (Å²) in [5.41, 5.74) is 0.136. The molecular weight excluding hydrogens is 502 g/mol. The van der Waals surface area contributed by atoms with E-state index in [1.54, 1.807) is 36.4 Å². The van der Waals surface area contributed by atoms with E-state index < -0.39 is 11.5 Å². The van der Waals surface area contributed by atoms with Crippen LogP contribution in [0.1, 0.15) is 10.4 Å². The van der Waals surface area contributed by atoms with E-state index in [2.05, 4.69) is 37.2 Å². The second-order valence-corrected chi connectivity index (χ2v) is 7.92. The van der Waals surface area contributed by atoms with Crippen molar-refractivity contribution in [1.29, 1.82) is 0 Å². The molecule has 29 heavy (non-hydrogen) atoms. The number of fused-ring (bicyclic) bond motifs is 1. The quantitative estimate of drug-likeness (QED) is 0.321. The maximum Gasteiger partial charge on any atom is 0.349 e. The number of halogens is 2. The Balaban J connectivity index is 1.55. The fourth-order valence-corrected chi connectivity index (χ4v) is 4.08. The van der Waals surface area contributed by atoms with Crippen LogP contribution in [0.2, 0.25) is 0 Å². The van der Waals surface area contributed by atoms with Crippen LogP contribution in [0.15, 0.2) is 91.0 Å². The largest absolute Gasteiger partial charge is 0.457 e. The molecule has 0 unspecified atom stereocenters. The van der Waals surface area contributed by atoms with E-state index in [0.717, 1.165) is 10.2 Å². The molecule has 5 nitrogen and oxygen atoms in total. The van der Waals surface area contributed by atoms with E-state index in [1.165, 1.54) is 6.07 Å². The third-order valence-corrected chi connectivity index (χ3v) is 5.13. The summed E-state index contributed by atoms with van der Waals surface area (Å²) in [5, 5.41) is 3.33. The lowest BCUT2D eigenvalue weighted by Gasteiger charge is -2.08. The fraction of sp³-hybridized carbons (Fsp3) is 0. The van der Waals surface area contributed by atoms with Crippen LogP contribution in [-0.4, -0.2) is 5.91 Å². The molecule has 0 spiro atoms. The van der Waals surface area contributed by atoms with Gasteiger partial charge in [-0.1, -0.05) is 34.1 Å². The lowest BCUT2D eigenvalue weighted by molar-refractivity contribution is 0.102. The molecule has 0 bridgehead atoms. The van der Waals surface area contributed by atoms with Crippen LogP contribution < -0.4 is 15.7 Å². The number of anilines is 1. The number of rotatable bonds is 4. The van der Waals surface area contributed by atoms with E-state index in [4.69, 9.17) is 9.15 Å². The second-order valence-electron chi connectivity index (χ2n) is 6.15. The molecule has 1 heterocycles. The second kappa shape index (κ2) is 8.23. The number of hydrogen-bond acceptors (Lipinski definition) is 4. The molecule has 0 aliphatic rings. The summed E-state index contributed by atoms with van der Waals surface area (Å²) in [7, 11) is 0. The summed E-state index contributed by atoms with van der Waals surface area (Å²) in [5.74, 6) is 0.804. The van der Waals surface area contributed by atoms with Gasteiger partial charge < -0.3 is 14.5 Å². The van der Waals surface area contributed by atoms with E-state index in [9.17, 15) is 9.59 Å². The Labute approximate surface area is 182 Å². The molecule has 3 aromatic carbocycles. The first-order valence-corrected chi connectivity index (χ1v) is 10.2. The number of nitrogens with one attached hydrogen (secondary N) is 1. The van der Waals surface area contributed by atoms with Crippen LogP contribution in [0, 0.1) is 0 Å². The number of hydrogen-bond donors (Lipinski definition) is 1. The van der Waals surface area contributed by atoms with Gasteiger partial charge in [0.2, 0.25) is 0 Å². The first-order chi connectivity index (χ1) is 14.0. The number of para-hydroxylation sites is 1. The minimum atomic E-state index is -0.706. The maximum absolute atomic E-state index is 12.6. The van der Waals surface area contributed by atoms with Gasteiger partial charge in [0.15, 0.2) is 5.58 Å². The van der Waals surface area contributed by atoms with Gasteiger partial charge in [-0.2, -0.15) is 0 Å². The highest BCUT2D eigenvalue weighted by Gasteiger charge is 2.16. The first-order valence-electron chi connectivity index (χ1n) is 8.57. The molecule has 0 radical (unpaired) electrons. The van der Waals surface area contributed by atoms with E-state index in [-0.39, 0.29) is 5.56 Å². The normalized spacial score (nSPS) is 10.7. The molecule has 1 amide bonds. The Bertz CT molecular complexity index is 1250. The van der Waals surface area contributed by atoms with Gasteiger partial charge in [0.25, 0.3) is 5.91 Å². The summed E-state index contributed by atoms with van der Waals surface area (Å²) >= 11 is 6.74. The number of ether oxygens (including phenoxy) is 1. The predicted molar refractivity (Wildman–Crippen MR) is 119 cm³/mol. The molecule has 0 saturated carbocycles. The molecule has 0 atom stereocenters. The van der Waals surface area contributed by atoms with Gasteiger partial charge in [-0.3, -0.25) is 4.79 Å². The van der Waals surface area contributed by atoms with Crippen molar-refractivity contribution in [3.8, 4) is 11.5 Å². The summed E-state index contributed by atoms with van der Waals surface area (Å²) in [6, 6.07) is 21.3. The van der Waals surface area contributed by atoms with Gasteiger partial charge >= 0.3 is 5.63 Å². The molecule has 0 saturated heterocycles. The van der Waals surface area contributed by atoms with Crippen molar-refractivity contribution < 1.29 is 13.9 Å². The molecule has 1 aromatic heterocycles. The van der Waals surface area contributed by atoms with Gasteiger partial charge in [0, 0.05) is 15.5 Å². The lowest BCUT2D eigenvalue weighted by atomic mass is 10.1. The maximum atomic E-state index is 12.6. The summed E-state index contributed by atoms with van der Waals surface area (Å²) < 4.78 is 12.5. The highest BCUT2D eigenvalue weighted by molar-refractivity contribution is 9.11. The molecule has 1 N–H and O–H groups in total. The van der Waals surface area contributed by atoms with Gasteiger partial charge in [-0.25, -0.2) is 4.79 Å². The van der Waals surface area contributed by atoms with Crippen LogP contribution in [0.5, 0.6) is 11.5 Å². The minimum absolute atomic E-state index is 0.0767. The number of carbonyl (C=O) groups is 1. The molecule has 0 aliphatic heterocycles. The SMILES string of the molecule is O=C(Nc1ccc(Oc2ccccc2)cc1)c1cc2cc(Br)cc(Br)c2oc1=O. The molecule has 4 rings (SSSR count). The molecule has 4 aromatic rings. The van der Waals surface area contributed by atoms with Crippen LogP contribution in [0.4, 0.5) is 5.69 Å². The molecule has 144 valence electrons. The Kier molecular flexibility index (Phi) is 5.51. The van der Waals surface area contributed by atoms with E-state index in [1.807, 2.05) is 30.3 Å². The molecular formula is C22H13Br2NO4. The summed E-state index contributed by atoms with van der Waals surface area (Å²) in [4.78, 5) is 24.9. The van der Waals surface area contributed by atoms with Crippen LogP contribution in [0.3, 0.4) is 0 Å². The Hall–Kier alpha value is -2.90. The lowest BCUT2D eigenvalue weighted by Crippen LogP contribution is -2.20. The highest BCUT2D eigenvalue weighted by atomic mass is 79.9. The van der Waals surface area contributed by atoms with Gasteiger partial charge in [-0.15, -0.1) is 0 Å². The van der Waals surface area contributed by atoms with Gasteiger partial charge in [-0.05, 0) is 70.5 Å². The number of benzene rings is 3. The van der Waals surface area contributed by atoms with E-state index in [0.29, 0.717) is 26.9 Å². The zero-order valence-corrected chi connectivity index (χ0v) is 18.0. The van der Waals surface area contributed by atoms with Crippen molar-refractivity contribution in [3.63, 3.8) is 0 Å². The van der Waals surface area contributed by atoms with Crippen molar-refractivity contribution in [2.75, 3.05) is 5.32 Å². The zero-order valence-electron chi connectivity index (χ0n) is 14.8. The van der Waals surface area contributed by atoms with E-state index >= 15 is 0 Å². The smallest absolute Gasteiger partial charge is 0.349 e. The summed E-state index contributed by atoms with van der Waals surface area (Å²) in [6.45, 7) is 0. The average Bonchev–Trinajstić information content (AvgIpc) is 2.70. The van der Waals surface area contributed by atoms with Crippen LogP contribution in [-0.2, 0) is 0 Å². The first kappa shape index (κ1) is 19.4. The summed E-state index contributed by atoms with van der Waals surface area (Å²) in [6.07, 6.45) is 0. The number of amides is 1. The average molecular weight is 515 g/mol. The third-order valence-electron chi connectivity index (χ3n) is 4.09. The highest BCUT2D eigenvalue weighted by Crippen LogP contribution is 2.28. The van der Waals surface area contributed by atoms with Gasteiger partial charge in [0.05, 0.1) is 4.47 Å². The Morgan fingerprint density at radius 2 is 1.59 bits per heavy atom. The zero-order chi connectivity index (χ0) is 20.4. The third kappa shape index (κ3) is 4.41. The fourth-order valence-electron chi connectivity index (χ4n) is 2.74. The molecule has 7 heteroatoms. The van der Waals surface area contributed by atoms with Crippen molar-refractivity contribution in [1.82, 2.24) is 0 Å². The van der Waals surface area contributed by atoms with Crippen LogP contribution in [0.25, 0.3) is 11.0 Å². The standard InChI is InChI=1S/C22H13Br2NO4/c23-14-10-13-11-18(22(27)29-20(13)19(24)12-14)21(26)25-15-6-8-17(9-7-15)28-16-4-2-1-3-5-16/h1-12H,(H,25,26). The van der Waals surface area contributed by atoms with Crippen molar-refractivity contribution in [3.05, 3.63) is 97.7 Å². The van der Waals surface area contributed by atoms with Crippen LogP contribution >= 0.6 is 31.9 Å². The Morgan fingerprint density at radius 1 is 0.897 bits per heavy atom. The predicted octanol–water partition coefficient (Wildman–Crippen LogP) is 6.36. The topological polar surface area (TPSA) is 68.5 Å². The van der Waals surface area contributed by atoms with Crippen molar-refractivity contribution >= 4 is 54.4 Å². The molecule has 0 fully saturated rings. The van der Waals surface area contributed by atoms with Crippen molar-refractivity contribution in [2.24, 2.45) is 0 Å². The minimum Gasteiger partial charge on any atom is -0.457 e. The van der Waals surface area contributed by atoms with Gasteiger partial charge in [0.1, 0.15) is 17.1 Å².